The van der Waals surface area contributed by atoms with Crippen molar-refractivity contribution in [2.45, 2.75) is 32.2 Å². The molecule has 4 nitrogen and oxygen atoms in total. The van der Waals surface area contributed by atoms with Gasteiger partial charge in [0.25, 0.3) is 0 Å². The SMILES string of the molecule is Cc1ccc(N2CCC3C(CCCN3C)C2)c(C(=O)O)c1. The molecule has 3 rings (SSSR count). The van der Waals surface area contributed by atoms with Gasteiger partial charge in [0.05, 0.1) is 11.3 Å². The number of piperidine rings is 2. The van der Waals surface area contributed by atoms with E-state index in [9.17, 15) is 9.90 Å². The van der Waals surface area contributed by atoms with Gasteiger partial charge in [-0.15, -0.1) is 0 Å². The molecule has 0 aromatic heterocycles. The molecule has 0 saturated carbocycles. The first kappa shape index (κ1) is 14.4. The molecule has 2 fully saturated rings. The highest BCUT2D eigenvalue weighted by molar-refractivity contribution is 5.94. The Bertz CT molecular complexity index is 544. The van der Waals surface area contributed by atoms with Gasteiger partial charge in [-0.1, -0.05) is 11.6 Å². The molecule has 0 radical (unpaired) electrons. The first-order chi connectivity index (χ1) is 10.1. The molecule has 2 aliphatic heterocycles. The van der Waals surface area contributed by atoms with Crippen LogP contribution in [0.1, 0.15) is 35.2 Å². The number of hydrogen-bond acceptors (Lipinski definition) is 3. The molecule has 0 amide bonds. The van der Waals surface area contributed by atoms with Gasteiger partial charge in [-0.3, -0.25) is 0 Å². The van der Waals surface area contributed by atoms with Gasteiger partial charge in [-0.2, -0.15) is 0 Å². The van der Waals surface area contributed by atoms with Crippen LogP contribution in [0.4, 0.5) is 5.69 Å². The van der Waals surface area contributed by atoms with Crippen molar-refractivity contribution in [2.24, 2.45) is 5.92 Å². The molecule has 2 unspecified atom stereocenters. The van der Waals surface area contributed by atoms with E-state index >= 15 is 0 Å². The van der Waals surface area contributed by atoms with Gasteiger partial charge in [0, 0.05) is 19.1 Å². The number of aryl methyl sites for hydroxylation is 1. The lowest BCUT2D eigenvalue weighted by atomic mass is 9.84. The number of benzene rings is 1. The Morgan fingerprint density at radius 3 is 2.86 bits per heavy atom. The molecule has 1 aromatic rings. The standard InChI is InChI=1S/C17H24N2O2/c1-12-5-6-16(14(10-12)17(20)21)19-9-7-15-13(11-19)4-3-8-18(15)2/h5-6,10,13,15H,3-4,7-9,11H2,1-2H3,(H,20,21). The molecular formula is C17H24N2O2. The minimum atomic E-state index is -0.823. The van der Waals surface area contributed by atoms with Crippen LogP contribution in [0.5, 0.6) is 0 Å². The lowest BCUT2D eigenvalue weighted by Crippen LogP contribution is -2.53. The van der Waals surface area contributed by atoms with Crippen LogP contribution in [0.3, 0.4) is 0 Å². The molecule has 2 saturated heterocycles. The number of aromatic carboxylic acids is 1. The molecule has 2 aliphatic rings. The molecular weight excluding hydrogens is 264 g/mol. The number of hydrogen-bond donors (Lipinski definition) is 1. The molecule has 0 bridgehead atoms. The van der Waals surface area contributed by atoms with Crippen LogP contribution in [0.25, 0.3) is 0 Å². The van der Waals surface area contributed by atoms with Gasteiger partial charge >= 0.3 is 5.97 Å². The van der Waals surface area contributed by atoms with E-state index in [-0.39, 0.29) is 0 Å². The Labute approximate surface area is 126 Å². The van der Waals surface area contributed by atoms with E-state index < -0.39 is 5.97 Å². The number of carbonyl (C=O) groups is 1. The van der Waals surface area contributed by atoms with Crippen LogP contribution in [0.15, 0.2) is 18.2 Å². The molecule has 21 heavy (non-hydrogen) atoms. The molecule has 1 N–H and O–H groups in total. The first-order valence-electron chi connectivity index (χ1n) is 7.85. The zero-order valence-corrected chi connectivity index (χ0v) is 12.9. The fourth-order valence-corrected chi connectivity index (χ4v) is 3.97. The number of likely N-dealkylation sites (tertiary alicyclic amines) is 1. The summed E-state index contributed by atoms with van der Waals surface area (Å²) >= 11 is 0. The van der Waals surface area contributed by atoms with Crippen molar-refractivity contribution in [2.75, 3.05) is 31.6 Å². The average molecular weight is 288 g/mol. The molecule has 2 atom stereocenters. The second kappa shape index (κ2) is 5.68. The van der Waals surface area contributed by atoms with Crippen molar-refractivity contribution in [3.8, 4) is 0 Å². The van der Waals surface area contributed by atoms with Crippen LogP contribution in [-0.4, -0.2) is 48.7 Å². The minimum Gasteiger partial charge on any atom is -0.478 e. The lowest BCUT2D eigenvalue weighted by Gasteiger charge is -2.46. The van der Waals surface area contributed by atoms with E-state index in [1.54, 1.807) is 6.07 Å². The van der Waals surface area contributed by atoms with Crippen LogP contribution in [0.2, 0.25) is 0 Å². The summed E-state index contributed by atoms with van der Waals surface area (Å²) in [5.74, 6) is -0.156. The fourth-order valence-electron chi connectivity index (χ4n) is 3.97. The normalized spacial score (nSPS) is 26.5. The van der Waals surface area contributed by atoms with Gasteiger partial charge in [-0.25, -0.2) is 4.79 Å². The summed E-state index contributed by atoms with van der Waals surface area (Å²) in [5.41, 5.74) is 2.33. The summed E-state index contributed by atoms with van der Waals surface area (Å²) in [4.78, 5) is 16.3. The van der Waals surface area contributed by atoms with E-state index in [0.29, 0.717) is 17.5 Å². The van der Waals surface area contributed by atoms with Crippen molar-refractivity contribution >= 4 is 11.7 Å². The van der Waals surface area contributed by atoms with Crippen LogP contribution < -0.4 is 4.90 Å². The van der Waals surface area contributed by atoms with Crippen molar-refractivity contribution in [1.29, 1.82) is 0 Å². The number of nitrogens with zero attached hydrogens (tertiary/aromatic N) is 2. The number of rotatable bonds is 2. The Morgan fingerprint density at radius 2 is 2.10 bits per heavy atom. The zero-order chi connectivity index (χ0) is 15.0. The largest absolute Gasteiger partial charge is 0.478 e. The van der Waals surface area contributed by atoms with Gasteiger partial charge in [0.2, 0.25) is 0 Å². The van der Waals surface area contributed by atoms with Gasteiger partial charge in [0.1, 0.15) is 0 Å². The number of carboxylic acid groups (broad SMARTS) is 1. The van der Waals surface area contributed by atoms with E-state index in [2.05, 4.69) is 16.8 Å². The summed E-state index contributed by atoms with van der Waals surface area (Å²) in [5, 5.41) is 9.46. The maximum Gasteiger partial charge on any atom is 0.337 e. The van der Waals surface area contributed by atoms with Gasteiger partial charge in [0.15, 0.2) is 0 Å². The predicted octanol–water partition coefficient (Wildman–Crippen LogP) is 2.61. The topological polar surface area (TPSA) is 43.8 Å². The van der Waals surface area contributed by atoms with E-state index in [4.69, 9.17) is 0 Å². The van der Waals surface area contributed by atoms with Crippen LogP contribution in [0, 0.1) is 12.8 Å². The Balaban J connectivity index is 1.84. The van der Waals surface area contributed by atoms with Crippen molar-refractivity contribution in [3.63, 3.8) is 0 Å². The summed E-state index contributed by atoms with van der Waals surface area (Å²) in [6.07, 6.45) is 3.65. The molecule has 0 aliphatic carbocycles. The molecule has 114 valence electrons. The van der Waals surface area contributed by atoms with E-state index in [1.807, 2.05) is 19.1 Å². The highest BCUT2D eigenvalue weighted by Crippen LogP contribution is 2.33. The second-order valence-electron chi connectivity index (χ2n) is 6.51. The van der Waals surface area contributed by atoms with Gasteiger partial charge in [-0.05, 0) is 57.8 Å². The minimum absolute atomic E-state index is 0.442. The third-order valence-corrected chi connectivity index (χ3v) is 5.07. The second-order valence-corrected chi connectivity index (χ2v) is 6.51. The van der Waals surface area contributed by atoms with E-state index in [1.165, 1.54) is 19.4 Å². The van der Waals surface area contributed by atoms with Crippen LogP contribution >= 0.6 is 0 Å². The molecule has 1 aromatic carbocycles. The quantitative estimate of drug-likeness (QED) is 0.908. The summed E-state index contributed by atoms with van der Waals surface area (Å²) in [6, 6.07) is 6.46. The molecule has 0 spiro atoms. The van der Waals surface area contributed by atoms with E-state index in [0.717, 1.165) is 30.8 Å². The Morgan fingerprint density at radius 1 is 1.29 bits per heavy atom. The Kier molecular flexibility index (Phi) is 3.89. The number of anilines is 1. The van der Waals surface area contributed by atoms with Crippen molar-refractivity contribution < 1.29 is 9.90 Å². The predicted molar refractivity (Wildman–Crippen MR) is 84.1 cm³/mol. The summed E-state index contributed by atoms with van der Waals surface area (Å²) in [7, 11) is 2.22. The summed E-state index contributed by atoms with van der Waals surface area (Å²) < 4.78 is 0. The maximum absolute atomic E-state index is 11.5. The van der Waals surface area contributed by atoms with Crippen LogP contribution in [-0.2, 0) is 0 Å². The maximum atomic E-state index is 11.5. The van der Waals surface area contributed by atoms with Crippen molar-refractivity contribution in [1.82, 2.24) is 4.90 Å². The summed E-state index contributed by atoms with van der Waals surface area (Å²) in [6.45, 7) is 5.08. The zero-order valence-electron chi connectivity index (χ0n) is 12.9. The Hall–Kier alpha value is -1.55. The highest BCUT2D eigenvalue weighted by atomic mass is 16.4. The lowest BCUT2D eigenvalue weighted by molar-refractivity contribution is 0.0696. The third-order valence-electron chi connectivity index (χ3n) is 5.07. The van der Waals surface area contributed by atoms with Gasteiger partial charge < -0.3 is 14.9 Å². The molecule has 4 heteroatoms. The number of fused-ring (bicyclic) bond motifs is 1. The third kappa shape index (κ3) is 2.77. The molecule has 2 heterocycles. The average Bonchev–Trinajstić information content (AvgIpc) is 2.47. The first-order valence-corrected chi connectivity index (χ1v) is 7.85. The smallest absolute Gasteiger partial charge is 0.337 e. The fraction of sp³-hybridized carbons (Fsp3) is 0.588. The van der Waals surface area contributed by atoms with Crippen molar-refractivity contribution in [3.05, 3.63) is 29.3 Å². The highest BCUT2D eigenvalue weighted by Gasteiger charge is 2.35. The monoisotopic (exact) mass is 288 g/mol. The number of carboxylic acids is 1.